The predicted octanol–water partition coefficient (Wildman–Crippen LogP) is 4.15. The lowest BCUT2D eigenvalue weighted by atomic mass is 9.87. The van der Waals surface area contributed by atoms with Crippen LogP contribution in [-0.4, -0.2) is 48.7 Å². The minimum absolute atomic E-state index is 0. The van der Waals surface area contributed by atoms with Gasteiger partial charge in [0.1, 0.15) is 5.01 Å². The molecule has 2 aliphatic rings. The summed E-state index contributed by atoms with van der Waals surface area (Å²) in [4.78, 5) is 11.9. The third-order valence-corrected chi connectivity index (χ3v) is 6.27. The molecule has 2 aliphatic heterocycles. The molecule has 5 nitrogen and oxygen atoms in total. The fourth-order valence-electron chi connectivity index (χ4n) is 3.67. The van der Waals surface area contributed by atoms with Crippen LogP contribution in [0.3, 0.4) is 0 Å². The average Bonchev–Trinajstić information content (AvgIpc) is 3.32. The summed E-state index contributed by atoms with van der Waals surface area (Å²) < 4.78 is 6.79. The molecule has 4 rings (SSSR count). The van der Waals surface area contributed by atoms with Crippen molar-refractivity contribution in [2.24, 2.45) is 10.4 Å². The third-order valence-electron chi connectivity index (χ3n) is 5.02. The quantitative estimate of drug-likeness (QED) is 0.386. The summed E-state index contributed by atoms with van der Waals surface area (Å²) in [6.07, 6.45) is 2.36. The molecule has 0 saturated carbocycles. The number of rotatable bonds is 3. The zero-order valence-corrected chi connectivity index (χ0v) is 18.7. The molecule has 142 valence electrons. The van der Waals surface area contributed by atoms with Gasteiger partial charge in [-0.3, -0.25) is 0 Å². The summed E-state index contributed by atoms with van der Waals surface area (Å²) in [5, 5.41) is 5.18. The Morgan fingerprint density at radius 3 is 3.12 bits per heavy atom. The van der Waals surface area contributed by atoms with E-state index in [1.54, 1.807) is 11.3 Å². The van der Waals surface area contributed by atoms with E-state index in [4.69, 9.17) is 21.3 Å². The Morgan fingerprint density at radius 2 is 2.35 bits per heavy atom. The van der Waals surface area contributed by atoms with Gasteiger partial charge in [-0.1, -0.05) is 11.6 Å². The summed E-state index contributed by atoms with van der Waals surface area (Å²) in [5.41, 5.74) is 1.29. The van der Waals surface area contributed by atoms with Crippen molar-refractivity contribution >= 4 is 63.1 Å². The Balaban J connectivity index is 0.00000196. The SMILES string of the molecule is CCNC(=NCc1nc2cc(Cl)ccc2s1)N1CCC2(CCOC2)C1.I. The Labute approximate surface area is 180 Å². The molecule has 2 aromatic rings. The second-order valence-corrected chi connectivity index (χ2v) is 8.42. The third kappa shape index (κ3) is 4.26. The normalized spacial score (nSPS) is 23.0. The molecule has 1 aromatic heterocycles. The van der Waals surface area contributed by atoms with Gasteiger partial charge in [0.15, 0.2) is 5.96 Å². The van der Waals surface area contributed by atoms with E-state index in [0.29, 0.717) is 12.0 Å². The zero-order valence-electron chi connectivity index (χ0n) is 14.8. The fourth-order valence-corrected chi connectivity index (χ4v) is 4.71. The van der Waals surface area contributed by atoms with E-state index in [0.717, 1.165) is 59.1 Å². The number of nitrogens with one attached hydrogen (secondary N) is 1. The number of hydrogen-bond acceptors (Lipinski definition) is 4. The first-order chi connectivity index (χ1) is 12.2. The second-order valence-electron chi connectivity index (χ2n) is 6.86. The van der Waals surface area contributed by atoms with Crippen molar-refractivity contribution in [1.82, 2.24) is 15.2 Å². The predicted molar refractivity (Wildman–Crippen MR) is 119 cm³/mol. The standard InChI is InChI=1S/C18H23ClN4OS.HI/c1-2-20-17(23-7-5-18(11-23)6-8-24-12-18)21-10-16-22-14-9-13(19)3-4-15(14)25-16;/h3-4,9H,2,5-8,10-12H2,1H3,(H,20,21);1H. The number of aromatic nitrogens is 1. The van der Waals surface area contributed by atoms with Crippen LogP contribution in [0.25, 0.3) is 10.2 Å². The molecule has 1 atom stereocenters. The van der Waals surface area contributed by atoms with Crippen LogP contribution in [0.15, 0.2) is 23.2 Å². The Morgan fingerprint density at radius 1 is 1.46 bits per heavy atom. The molecule has 1 N–H and O–H groups in total. The Bertz CT molecular complexity index is 791. The molecular formula is C18H24ClIN4OS. The highest BCUT2D eigenvalue weighted by Crippen LogP contribution is 2.38. The minimum Gasteiger partial charge on any atom is -0.381 e. The second kappa shape index (κ2) is 8.58. The molecule has 0 amide bonds. The summed E-state index contributed by atoms with van der Waals surface area (Å²) in [6.45, 7) is 7.45. The molecule has 8 heteroatoms. The van der Waals surface area contributed by atoms with Gasteiger partial charge < -0.3 is 15.0 Å². The molecule has 2 saturated heterocycles. The number of thiazole rings is 1. The molecular weight excluding hydrogens is 483 g/mol. The number of halogens is 2. The van der Waals surface area contributed by atoms with Crippen molar-refractivity contribution < 1.29 is 4.74 Å². The first kappa shape index (κ1) is 20.1. The monoisotopic (exact) mass is 506 g/mol. The van der Waals surface area contributed by atoms with E-state index in [2.05, 4.69) is 22.1 Å². The average molecular weight is 507 g/mol. The molecule has 1 aromatic carbocycles. The number of likely N-dealkylation sites (tertiary alicyclic amines) is 1. The van der Waals surface area contributed by atoms with Crippen LogP contribution in [0.1, 0.15) is 24.8 Å². The highest BCUT2D eigenvalue weighted by molar-refractivity contribution is 14.0. The highest BCUT2D eigenvalue weighted by atomic mass is 127. The van der Waals surface area contributed by atoms with Gasteiger partial charge in [0, 0.05) is 36.7 Å². The lowest BCUT2D eigenvalue weighted by molar-refractivity contribution is 0.156. The van der Waals surface area contributed by atoms with Crippen LogP contribution in [-0.2, 0) is 11.3 Å². The lowest BCUT2D eigenvalue weighted by Gasteiger charge is -2.24. The van der Waals surface area contributed by atoms with Crippen molar-refractivity contribution in [3.63, 3.8) is 0 Å². The number of ether oxygens (including phenoxy) is 1. The smallest absolute Gasteiger partial charge is 0.194 e. The van der Waals surface area contributed by atoms with E-state index in [9.17, 15) is 0 Å². The summed E-state index contributed by atoms with van der Waals surface area (Å²) in [5.74, 6) is 0.989. The number of guanidine groups is 1. The van der Waals surface area contributed by atoms with Crippen LogP contribution >= 0.6 is 46.9 Å². The topological polar surface area (TPSA) is 49.8 Å². The van der Waals surface area contributed by atoms with Gasteiger partial charge >= 0.3 is 0 Å². The molecule has 26 heavy (non-hydrogen) atoms. The maximum atomic E-state index is 6.05. The van der Waals surface area contributed by atoms with Crippen molar-refractivity contribution in [2.45, 2.75) is 26.3 Å². The van der Waals surface area contributed by atoms with Crippen LogP contribution < -0.4 is 5.32 Å². The molecule has 3 heterocycles. The van der Waals surface area contributed by atoms with Gasteiger partial charge in [0.25, 0.3) is 0 Å². The summed E-state index contributed by atoms with van der Waals surface area (Å²) in [6, 6.07) is 5.85. The molecule has 1 unspecified atom stereocenters. The number of fused-ring (bicyclic) bond motifs is 1. The van der Waals surface area contributed by atoms with Crippen molar-refractivity contribution in [3.8, 4) is 0 Å². The Hall–Kier alpha value is -0.640. The number of aliphatic imine (C=N–C) groups is 1. The molecule has 0 aliphatic carbocycles. The van der Waals surface area contributed by atoms with E-state index in [1.165, 1.54) is 12.8 Å². The van der Waals surface area contributed by atoms with E-state index in [-0.39, 0.29) is 24.0 Å². The number of nitrogens with zero attached hydrogens (tertiary/aromatic N) is 3. The largest absolute Gasteiger partial charge is 0.381 e. The van der Waals surface area contributed by atoms with E-state index < -0.39 is 0 Å². The molecule has 1 spiro atoms. The maximum absolute atomic E-state index is 6.05. The van der Waals surface area contributed by atoms with Gasteiger partial charge in [-0.25, -0.2) is 9.98 Å². The molecule has 2 fully saturated rings. The van der Waals surface area contributed by atoms with Crippen molar-refractivity contribution in [2.75, 3.05) is 32.8 Å². The highest BCUT2D eigenvalue weighted by Gasteiger charge is 2.42. The van der Waals surface area contributed by atoms with Crippen LogP contribution in [0.4, 0.5) is 0 Å². The summed E-state index contributed by atoms with van der Waals surface area (Å²) >= 11 is 7.74. The van der Waals surface area contributed by atoms with E-state index in [1.807, 2.05) is 18.2 Å². The van der Waals surface area contributed by atoms with Crippen LogP contribution in [0.5, 0.6) is 0 Å². The fraction of sp³-hybridized carbons (Fsp3) is 0.556. The maximum Gasteiger partial charge on any atom is 0.194 e. The zero-order chi connectivity index (χ0) is 17.3. The van der Waals surface area contributed by atoms with E-state index >= 15 is 0 Å². The number of benzene rings is 1. The van der Waals surface area contributed by atoms with Gasteiger partial charge in [0.05, 0.1) is 23.4 Å². The van der Waals surface area contributed by atoms with Crippen LogP contribution in [0.2, 0.25) is 5.02 Å². The Kier molecular flexibility index (Phi) is 6.63. The molecule has 0 bridgehead atoms. The minimum atomic E-state index is 0. The lowest BCUT2D eigenvalue weighted by Crippen LogP contribution is -2.41. The van der Waals surface area contributed by atoms with Gasteiger partial charge in [-0.2, -0.15) is 0 Å². The first-order valence-electron chi connectivity index (χ1n) is 8.83. The van der Waals surface area contributed by atoms with Gasteiger partial charge in [-0.15, -0.1) is 35.3 Å². The summed E-state index contributed by atoms with van der Waals surface area (Å²) in [7, 11) is 0. The number of hydrogen-bond donors (Lipinski definition) is 1. The first-order valence-corrected chi connectivity index (χ1v) is 10.0. The van der Waals surface area contributed by atoms with Crippen molar-refractivity contribution in [3.05, 3.63) is 28.2 Å². The van der Waals surface area contributed by atoms with Gasteiger partial charge in [-0.05, 0) is 38.0 Å². The van der Waals surface area contributed by atoms with Crippen molar-refractivity contribution in [1.29, 1.82) is 0 Å². The molecule has 0 radical (unpaired) electrons. The van der Waals surface area contributed by atoms with Crippen LogP contribution in [0, 0.1) is 5.41 Å². The van der Waals surface area contributed by atoms with Gasteiger partial charge in [0.2, 0.25) is 0 Å².